The van der Waals surface area contributed by atoms with Gasteiger partial charge in [0, 0.05) is 5.69 Å². The van der Waals surface area contributed by atoms with Crippen molar-refractivity contribution in [3.63, 3.8) is 0 Å². The zero-order valence-corrected chi connectivity index (χ0v) is 18.4. The second-order valence-corrected chi connectivity index (χ2v) is 8.57. The van der Waals surface area contributed by atoms with Gasteiger partial charge < -0.3 is 15.2 Å². The monoisotopic (exact) mass is 446 g/mol. The molecule has 1 heterocycles. The van der Waals surface area contributed by atoms with E-state index in [9.17, 15) is 23.5 Å². The van der Waals surface area contributed by atoms with Crippen LogP contribution in [0.15, 0.2) is 36.4 Å². The topological polar surface area (TPSA) is 88.5 Å². The lowest BCUT2D eigenvalue weighted by Gasteiger charge is -2.40. The van der Waals surface area contributed by atoms with Crippen LogP contribution in [0.4, 0.5) is 14.5 Å². The second kappa shape index (κ2) is 9.63. The molecule has 1 fully saturated rings. The molecule has 6 nitrogen and oxygen atoms in total. The highest BCUT2D eigenvalue weighted by atomic mass is 19.3. The maximum absolute atomic E-state index is 13.7. The van der Waals surface area contributed by atoms with Crippen LogP contribution in [0, 0.1) is 12.8 Å². The van der Waals surface area contributed by atoms with E-state index in [0.29, 0.717) is 31.4 Å². The van der Waals surface area contributed by atoms with Gasteiger partial charge in [0.1, 0.15) is 5.69 Å². The smallest absolute Gasteiger partial charge is 0.388 e. The summed E-state index contributed by atoms with van der Waals surface area (Å²) < 4.78 is 30.3. The predicted molar refractivity (Wildman–Crippen MR) is 116 cm³/mol. The fraction of sp³-hybridized carbons (Fsp3) is 0.458. The Morgan fingerprint density at radius 3 is 2.41 bits per heavy atom. The molecular weight excluding hydrogens is 418 g/mol. The standard InChI is InChI=1S/C24H28F2N2O4/c1-14(2)17-6-4-5-7-18(17)24(12-10-16(11-13-24)21(29)30)22(31)28-19-9-8-15(3)27-20(19)32-23(25)26/h4-9,14,16,23H,10-13H2,1-3H3,(H,28,31)(H,29,30). The number of aliphatic carboxylic acids is 1. The first-order chi connectivity index (χ1) is 15.1. The Kier molecular flexibility index (Phi) is 7.11. The number of benzene rings is 1. The Bertz CT molecular complexity index is 986. The highest BCUT2D eigenvalue weighted by molar-refractivity contribution is 6.00. The van der Waals surface area contributed by atoms with Crippen molar-refractivity contribution in [3.05, 3.63) is 53.2 Å². The maximum atomic E-state index is 13.7. The zero-order valence-electron chi connectivity index (χ0n) is 18.4. The molecule has 172 valence electrons. The number of carboxylic acid groups (broad SMARTS) is 1. The van der Waals surface area contributed by atoms with Gasteiger partial charge in [-0.2, -0.15) is 8.78 Å². The lowest BCUT2D eigenvalue weighted by atomic mass is 9.64. The summed E-state index contributed by atoms with van der Waals surface area (Å²) in [5.74, 6) is -1.96. The van der Waals surface area contributed by atoms with Gasteiger partial charge in [0.2, 0.25) is 11.8 Å². The number of aryl methyl sites for hydroxylation is 1. The van der Waals surface area contributed by atoms with Crippen LogP contribution in [0.1, 0.15) is 62.3 Å². The Labute approximate surface area is 186 Å². The average molecular weight is 446 g/mol. The normalized spacial score (nSPS) is 20.9. The van der Waals surface area contributed by atoms with E-state index < -0.39 is 23.9 Å². The first-order valence-corrected chi connectivity index (χ1v) is 10.7. The van der Waals surface area contributed by atoms with Crippen LogP contribution >= 0.6 is 0 Å². The SMILES string of the molecule is Cc1ccc(NC(=O)C2(c3ccccc3C(C)C)CCC(C(=O)O)CC2)c(OC(F)F)n1. The van der Waals surface area contributed by atoms with Crippen LogP contribution in [-0.4, -0.2) is 28.6 Å². The van der Waals surface area contributed by atoms with Gasteiger partial charge in [-0.05, 0) is 61.8 Å². The summed E-state index contributed by atoms with van der Waals surface area (Å²) in [6.07, 6.45) is 1.37. The number of aromatic nitrogens is 1. The summed E-state index contributed by atoms with van der Waals surface area (Å²) in [6, 6.07) is 10.7. The van der Waals surface area contributed by atoms with Gasteiger partial charge in [-0.3, -0.25) is 9.59 Å². The molecule has 0 aliphatic heterocycles. The molecule has 0 radical (unpaired) electrons. The van der Waals surface area contributed by atoms with Crippen molar-refractivity contribution < 1.29 is 28.2 Å². The Morgan fingerprint density at radius 2 is 1.81 bits per heavy atom. The van der Waals surface area contributed by atoms with Crippen LogP contribution in [0.25, 0.3) is 0 Å². The number of carbonyl (C=O) groups excluding carboxylic acids is 1. The van der Waals surface area contributed by atoms with E-state index in [0.717, 1.165) is 11.1 Å². The first-order valence-electron chi connectivity index (χ1n) is 10.7. The average Bonchev–Trinajstić information content (AvgIpc) is 2.75. The number of amides is 1. The Hall–Kier alpha value is -3.03. The van der Waals surface area contributed by atoms with Gasteiger partial charge in [0.25, 0.3) is 0 Å². The molecule has 1 aliphatic rings. The molecule has 32 heavy (non-hydrogen) atoms. The van der Waals surface area contributed by atoms with Gasteiger partial charge in [-0.25, -0.2) is 4.98 Å². The van der Waals surface area contributed by atoms with E-state index in [1.165, 1.54) is 6.07 Å². The van der Waals surface area contributed by atoms with Gasteiger partial charge in [0.05, 0.1) is 11.3 Å². The summed E-state index contributed by atoms with van der Waals surface area (Å²) in [5, 5.41) is 12.2. The molecule has 2 aromatic rings. The molecule has 0 atom stereocenters. The van der Waals surface area contributed by atoms with Gasteiger partial charge in [-0.1, -0.05) is 38.1 Å². The predicted octanol–water partition coefficient (Wildman–Crippen LogP) is 5.27. The largest absolute Gasteiger partial charge is 0.481 e. The number of nitrogens with one attached hydrogen (secondary N) is 1. The lowest BCUT2D eigenvalue weighted by Crippen LogP contribution is -2.45. The van der Waals surface area contributed by atoms with Crippen molar-refractivity contribution in [3.8, 4) is 5.88 Å². The molecule has 0 spiro atoms. The molecule has 1 aromatic heterocycles. The highest BCUT2D eigenvalue weighted by Gasteiger charge is 2.46. The van der Waals surface area contributed by atoms with Gasteiger partial charge in [0.15, 0.2) is 0 Å². The first kappa shape index (κ1) is 23.6. The van der Waals surface area contributed by atoms with E-state index in [1.807, 2.05) is 38.1 Å². The van der Waals surface area contributed by atoms with Crippen LogP contribution in [0.2, 0.25) is 0 Å². The summed E-state index contributed by atoms with van der Waals surface area (Å²) in [6.45, 7) is 2.62. The van der Waals surface area contributed by atoms with Gasteiger partial charge in [-0.15, -0.1) is 0 Å². The van der Waals surface area contributed by atoms with Crippen molar-refractivity contribution in [2.45, 2.75) is 64.4 Å². The molecule has 0 bridgehead atoms. The second-order valence-electron chi connectivity index (χ2n) is 8.57. The van der Waals surface area contributed by atoms with Crippen LogP contribution < -0.4 is 10.1 Å². The molecule has 8 heteroatoms. The lowest BCUT2D eigenvalue weighted by molar-refractivity contribution is -0.144. The molecule has 1 amide bonds. The molecule has 1 aliphatic carbocycles. The Morgan fingerprint density at radius 1 is 1.16 bits per heavy atom. The van der Waals surface area contributed by atoms with E-state index >= 15 is 0 Å². The molecule has 3 rings (SSSR count). The van der Waals surface area contributed by atoms with E-state index in [2.05, 4.69) is 15.0 Å². The number of hydrogen-bond acceptors (Lipinski definition) is 4. The third-order valence-corrected chi connectivity index (χ3v) is 6.17. The summed E-state index contributed by atoms with van der Waals surface area (Å²) in [5.41, 5.74) is 1.39. The minimum absolute atomic E-state index is 0.0580. The number of pyridine rings is 1. The number of nitrogens with zero attached hydrogens (tertiary/aromatic N) is 1. The number of carboxylic acids is 1. The molecular formula is C24H28F2N2O4. The van der Waals surface area contributed by atoms with Crippen molar-refractivity contribution in [1.29, 1.82) is 0 Å². The number of ether oxygens (including phenoxy) is 1. The van der Waals surface area contributed by atoms with Crippen LogP contribution in [-0.2, 0) is 15.0 Å². The summed E-state index contributed by atoms with van der Waals surface area (Å²) >= 11 is 0. The summed E-state index contributed by atoms with van der Waals surface area (Å²) in [4.78, 5) is 29.2. The maximum Gasteiger partial charge on any atom is 0.388 e. The zero-order chi connectivity index (χ0) is 23.5. The number of hydrogen-bond donors (Lipinski definition) is 2. The number of alkyl halides is 2. The van der Waals surface area contributed by atoms with E-state index in [-0.39, 0.29) is 23.4 Å². The minimum atomic E-state index is -3.08. The molecule has 2 N–H and O–H groups in total. The highest BCUT2D eigenvalue weighted by Crippen LogP contribution is 2.45. The number of anilines is 1. The van der Waals surface area contributed by atoms with E-state index in [1.54, 1.807) is 13.0 Å². The molecule has 0 unspecified atom stereocenters. The van der Waals surface area contributed by atoms with Crippen molar-refractivity contribution in [2.75, 3.05) is 5.32 Å². The summed E-state index contributed by atoms with van der Waals surface area (Å²) in [7, 11) is 0. The van der Waals surface area contributed by atoms with Crippen LogP contribution in [0.5, 0.6) is 5.88 Å². The van der Waals surface area contributed by atoms with E-state index in [4.69, 9.17) is 0 Å². The molecule has 1 aromatic carbocycles. The quantitative estimate of drug-likeness (QED) is 0.605. The van der Waals surface area contributed by atoms with Crippen LogP contribution in [0.3, 0.4) is 0 Å². The third kappa shape index (κ3) is 4.89. The van der Waals surface area contributed by atoms with Crippen molar-refractivity contribution >= 4 is 17.6 Å². The molecule has 1 saturated carbocycles. The fourth-order valence-corrected chi connectivity index (χ4v) is 4.46. The number of rotatable bonds is 7. The fourth-order valence-electron chi connectivity index (χ4n) is 4.46. The number of carbonyl (C=O) groups is 2. The minimum Gasteiger partial charge on any atom is -0.481 e. The van der Waals surface area contributed by atoms with Gasteiger partial charge >= 0.3 is 12.6 Å². The Balaban J connectivity index is 2.02. The number of halogens is 2. The third-order valence-electron chi connectivity index (χ3n) is 6.17. The van der Waals surface area contributed by atoms with Crippen molar-refractivity contribution in [1.82, 2.24) is 4.98 Å². The molecule has 0 saturated heterocycles. The van der Waals surface area contributed by atoms with Crippen molar-refractivity contribution in [2.24, 2.45) is 5.92 Å².